The Morgan fingerprint density at radius 1 is 1.38 bits per heavy atom. The van der Waals surface area contributed by atoms with E-state index in [2.05, 4.69) is 0 Å². The van der Waals surface area contributed by atoms with Crippen molar-refractivity contribution >= 4 is 11.6 Å². The zero-order valence-electron chi connectivity index (χ0n) is 9.74. The van der Waals surface area contributed by atoms with Gasteiger partial charge in [-0.05, 0) is 31.5 Å². The van der Waals surface area contributed by atoms with Crippen LogP contribution in [0.2, 0.25) is 5.02 Å². The Kier molecular flexibility index (Phi) is 5.06. The number of halogens is 1. The molecule has 16 heavy (non-hydrogen) atoms. The minimum Gasteiger partial charge on any atom is -0.495 e. The maximum atomic E-state index is 9.86. The highest BCUT2D eigenvalue weighted by Crippen LogP contribution is 2.27. The molecule has 0 aliphatic carbocycles. The van der Waals surface area contributed by atoms with Crippen LogP contribution in [0.5, 0.6) is 5.75 Å². The van der Waals surface area contributed by atoms with Crippen LogP contribution < -0.4 is 4.74 Å². The van der Waals surface area contributed by atoms with Gasteiger partial charge in [0.1, 0.15) is 11.9 Å². The van der Waals surface area contributed by atoms with Crippen molar-refractivity contribution in [3.63, 3.8) is 0 Å². The molecule has 0 spiro atoms. The standard InChI is InChI=1S/C12H17ClO3/c1-8(2)16-7-11(14)9-4-5-10(13)12(6-9)15-3/h4-6,8,11,14H,7H2,1-3H3. The lowest BCUT2D eigenvalue weighted by molar-refractivity contribution is 0.00487. The Morgan fingerprint density at radius 3 is 2.62 bits per heavy atom. The van der Waals surface area contributed by atoms with Crippen LogP contribution in [0.1, 0.15) is 25.5 Å². The largest absolute Gasteiger partial charge is 0.495 e. The molecule has 90 valence electrons. The summed E-state index contributed by atoms with van der Waals surface area (Å²) < 4.78 is 10.4. The van der Waals surface area contributed by atoms with Gasteiger partial charge in [0.25, 0.3) is 0 Å². The summed E-state index contributed by atoms with van der Waals surface area (Å²) in [5, 5.41) is 10.4. The molecule has 1 unspecified atom stereocenters. The van der Waals surface area contributed by atoms with Gasteiger partial charge < -0.3 is 14.6 Å². The Morgan fingerprint density at radius 2 is 2.06 bits per heavy atom. The second-order valence-electron chi connectivity index (χ2n) is 3.79. The zero-order chi connectivity index (χ0) is 12.1. The van der Waals surface area contributed by atoms with Gasteiger partial charge in [-0.15, -0.1) is 0 Å². The molecule has 1 aromatic carbocycles. The Balaban J connectivity index is 2.72. The first-order valence-corrected chi connectivity index (χ1v) is 5.55. The Labute approximate surface area is 101 Å². The van der Waals surface area contributed by atoms with E-state index in [-0.39, 0.29) is 12.7 Å². The lowest BCUT2D eigenvalue weighted by atomic mass is 10.1. The third-order valence-electron chi connectivity index (χ3n) is 2.15. The third-order valence-corrected chi connectivity index (χ3v) is 2.46. The van der Waals surface area contributed by atoms with Crippen LogP contribution in [0.15, 0.2) is 18.2 Å². The van der Waals surface area contributed by atoms with Crippen LogP contribution in [-0.2, 0) is 4.74 Å². The summed E-state index contributed by atoms with van der Waals surface area (Å²) in [5.74, 6) is 0.558. The number of aliphatic hydroxyl groups excluding tert-OH is 1. The van der Waals surface area contributed by atoms with Crippen molar-refractivity contribution in [3.8, 4) is 5.75 Å². The van der Waals surface area contributed by atoms with Crippen LogP contribution in [0.4, 0.5) is 0 Å². The summed E-state index contributed by atoms with van der Waals surface area (Å²) >= 11 is 5.89. The lowest BCUT2D eigenvalue weighted by Crippen LogP contribution is -2.11. The Bertz CT molecular complexity index is 339. The monoisotopic (exact) mass is 244 g/mol. The smallest absolute Gasteiger partial charge is 0.137 e. The van der Waals surface area contributed by atoms with Gasteiger partial charge in [-0.3, -0.25) is 0 Å². The highest BCUT2D eigenvalue weighted by atomic mass is 35.5. The van der Waals surface area contributed by atoms with E-state index in [9.17, 15) is 5.11 Å². The van der Waals surface area contributed by atoms with Crippen LogP contribution in [0.3, 0.4) is 0 Å². The molecular weight excluding hydrogens is 228 g/mol. The van der Waals surface area contributed by atoms with Gasteiger partial charge in [0.15, 0.2) is 0 Å². The number of rotatable bonds is 5. The number of benzene rings is 1. The molecule has 0 aromatic heterocycles. The van der Waals surface area contributed by atoms with E-state index in [1.54, 1.807) is 25.3 Å². The number of methoxy groups -OCH3 is 1. The average Bonchev–Trinajstić information content (AvgIpc) is 2.26. The molecule has 0 heterocycles. The van der Waals surface area contributed by atoms with Crippen molar-refractivity contribution in [1.29, 1.82) is 0 Å². The molecular formula is C12H17ClO3. The molecule has 0 fully saturated rings. The summed E-state index contributed by atoms with van der Waals surface area (Å²) in [4.78, 5) is 0. The SMILES string of the molecule is COc1cc(C(O)COC(C)C)ccc1Cl. The fraction of sp³-hybridized carbons (Fsp3) is 0.500. The molecule has 4 heteroatoms. The number of aliphatic hydroxyl groups is 1. The van der Waals surface area contributed by atoms with E-state index in [1.807, 2.05) is 13.8 Å². The van der Waals surface area contributed by atoms with Gasteiger partial charge >= 0.3 is 0 Å². The number of hydrogen-bond acceptors (Lipinski definition) is 3. The van der Waals surface area contributed by atoms with Crippen molar-refractivity contribution in [2.45, 2.75) is 26.1 Å². The van der Waals surface area contributed by atoms with Crippen LogP contribution >= 0.6 is 11.6 Å². The van der Waals surface area contributed by atoms with Crippen molar-refractivity contribution < 1.29 is 14.6 Å². The normalized spacial score (nSPS) is 12.9. The number of hydrogen-bond donors (Lipinski definition) is 1. The van der Waals surface area contributed by atoms with Gasteiger partial charge in [-0.1, -0.05) is 17.7 Å². The molecule has 1 aromatic rings. The maximum Gasteiger partial charge on any atom is 0.137 e. The summed E-state index contributed by atoms with van der Waals surface area (Å²) in [6.07, 6.45) is -0.558. The predicted octanol–water partition coefficient (Wildman–Crippen LogP) is 2.81. The predicted molar refractivity (Wildman–Crippen MR) is 64.1 cm³/mol. The minimum absolute atomic E-state index is 0.101. The molecule has 0 bridgehead atoms. The van der Waals surface area contributed by atoms with E-state index in [1.165, 1.54) is 0 Å². The molecule has 0 radical (unpaired) electrons. The molecule has 1 N–H and O–H groups in total. The van der Waals surface area contributed by atoms with Crippen molar-refractivity contribution in [1.82, 2.24) is 0 Å². The van der Waals surface area contributed by atoms with Crippen molar-refractivity contribution in [2.24, 2.45) is 0 Å². The van der Waals surface area contributed by atoms with E-state index >= 15 is 0 Å². The second-order valence-corrected chi connectivity index (χ2v) is 4.20. The van der Waals surface area contributed by atoms with Crippen LogP contribution in [-0.4, -0.2) is 24.9 Å². The highest BCUT2D eigenvalue weighted by Gasteiger charge is 2.11. The first-order valence-electron chi connectivity index (χ1n) is 5.17. The van der Waals surface area contributed by atoms with E-state index in [0.717, 1.165) is 5.56 Å². The van der Waals surface area contributed by atoms with E-state index in [4.69, 9.17) is 21.1 Å². The van der Waals surface area contributed by atoms with Crippen molar-refractivity contribution in [3.05, 3.63) is 28.8 Å². The lowest BCUT2D eigenvalue weighted by Gasteiger charge is -2.15. The minimum atomic E-state index is -0.659. The van der Waals surface area contributed by atoms with Gasteiger partial charge in [-0.2, -0.15) is 0 Å². The van der Waals surface area contributed by atoms with Gasteiger partial charge in [0.05, 0.1) is 24.8 Å². The van der Waals surface area contributed by atoms with Gasteiger partial charge in [0.2, 0.25) is 0 Å². The van der Waals surface area contributed by atoms with E-state index < -0.39 is 6.10 Å². The molecule has 0 aliphatic heterocycles. The first-order chi connectivity index (χ1) is 7.54. The molecule has 0 saturated carbocycles. The molecule has 0 amide bonds. The Hall–Kier alpha value is -0.770. The van der Waals surface area contributed by atoms with Gasteiger partial charge in [0, 0.05) is 0 Å². The summed E-state index contributed by atoms with van der Waals surface area (Å²) in [7, 11) is 1.54. The molecule has 0 saturated heterocycles. The molecule has 3 nitrogen and oxygen atoms in total. The number of ether oxygens (including phenoxy) is 2. The van der Waals surface area contributed by atoms with Gasteiger partial charge in [-0.25, -0.2) is 0 Å². The molecule has 1 rings (SSSR count). The first kappa shape index (κ1) is 13.3. The summed E-state index contributed by atoms with van der Waals surface area (Å²) in [5.41, 5.74) is 0.738. The van der Waals surface area contributed by atoms with Crippen LogP contribution in [0, 0.1) is 0 Å². The average molecular weight is 245 g/mol. The van der Waals surface area contributed by atoms with Crippen molar-refractivity contribution in [2.75, 3.05) is 13.7 Å². The highest BCUT2D eigenvalue weighted by molar-refractivity contribution is 6.32. The summed E-state index contributed by atoms with van der Waals surface area (Å²) in [6, 6.07) is 5.18. The van der Waals surface area contributed by atoms with E-state index in [0.29, 0.717) is 10.8 Å². The third kappa shape index (κ3) is 3.67. The van der Waals surface area contributed by atoms with Crippen LogP contribution in [0.25, 0.3) is 0 Å². The topological polar surface area (TPSA) is 38.7 Å². The molecule has 1 atom stereocenters. The zero-order valence-corrected chi connectivity index (χ0v) is 10.5. The fourth-order valence-corrected chi connectivity index (χ4v) is 1.46. The summed E-state index contributed by atoms with van der Waals surface area (Å²) in [6.45, 7) is 4.12. The molecule has 0 aliphatic rings. The second kappa shape index (κ2) is 6.09. The maximum absolute atomic E-state index is 9.86. The quantitative estimate of drug-likeness (QED) is 0.866. The fourth-order valence-electron chi connectivity index (χ4n) is 1.26.